The molecule has 1 aliphatic heterocycles. The van der Waals surface area contributed by atoms with Gasteiger partial charge in [0.25, 0.3) is 5.95 Å². The van der Waals surface area contributed by atoms with Gasteiger partial charge in [0.2, 0.25) is 0 Å². The third kappa shape index (κ3) is 2.29. The fraction of sp³-hybridized carbons (Fsp3) is 0.417. The molecule has 7 heteroatoms. The molecule has 0 aliphatic carbocycles. The SMILES string of the molecule is OCC1COCCN1c1nnnn1-c1ccccc1. The van der Waals surface area contributed by atoms with E-state index in [0.717, 1.165) is 5.69 Å². The van der Waals surface area contributed by atoms with E-state index in [1.807, 2.05) is 35.2 Å². The number of tetrazole rings is 1. The van der Waals surface area contributed by atoms with Crippen molar-refractivity contribution in [3.05, 3.63) is 30.3 Å². The zero-order valence-corrected chi connectivity index (χ0v) is 10.4. The van der Waals surface area contributed by atoms with E-state index in [1.54, 1.807) is 4.68 Å². The second-order valence-corrected chi connectivity index (χ2v) is 4.33. The zero-order chi connectivity index (χ0) is 13.1. The Morgan fingerprint density at radius 3 is 2.95 bits per heavy atom. The molecular formula is C12H15N5O2. The van der Waals surface area contributed by atoms with Crippen LogP contribution >= 0.6 is 0 Å². The van der Waals surface area contributed by atoms with Crippen molar-refractivity contribution in [2.75, 3.05) is 31.3 Å². The molecule has 1 aromatic heterocycles. The van der Waals surface area contributed by atoms with Gasteiger partial charge in [0.15, 0.2) is 0 Å². The summed E-state index contributed by atoms with van der Waals surface area (Å²) in [5.41, 5.74) is 0.894. The van der Waals surface area contributed by atoms with E-state index >= 15 is 0 Å². The highest BCUT2D eigenvalue weighted by atomic mass is 16.5. The maximum Gasteiger partial charge on any atom is 0.250 e. The number of benzene rings is 1. The summed E-state index contributed by atoms with van der Waals surface area (Å²) in [6.45, 7) is 1.77. The summed E-state index contributed by atoms with van der Waals surface area (Å²) in [5, 5.41) is 21.3. The number of nitrogens with zero attached hydrogens (tertiary/aromatic N) is 5. The second-order valence-electron chi connectivity index (χ2n) is 4.33. The second kappa shape index (κ2) is 5.33. The van der Waals surface area contributed by atoms with E-state index in [4.69, 9.17) is 4.74 Å². The predicted octanol–water partition coefficient (Wildman–Crippen LogP) is -0.140. The molecule has 0 radical (unpaired) electrons. The van der Waals surface area contributed by atoms with Gasteiger partial charge in [-0.25, -0.2) is 0 Å². The third-order valence-electron chi connectivity index (χ3n) is 3.15. The maximum absolute atomic E-state index is 9.42. The number of anilines is 1. The molecule has 1 N–H and O–H groups in total. The number of rotatable bonds is 3. The Labute approximate surface area is 110 Å². The first-order chi connectivity index (χ1) is 9.40. The van der Waals surface area contributed by atoms with Crippen LogP contribution < -0.4 is 4.90 Å². The van der Waals surface area contributed by atoms with Gasteiger partial charge in [-0.2, -0.15) is 4.68 Å². The van der Waals surface area contributed by atoms with Crippen molar-refractivity contribution in [2.45, 2.75) is 6.04 Å². The molecular weight excluding hydrogens is 246 g/mol. The number of para-hydroxylation sites is 1. The lowest BCUT2D eigenvalue weighted by molar-refractivity contribution is 0.0716. The third-order valence-corrected chi connectivity index (χ3v) is 3.15. The van der Waals surface area contributed by atoms with Gasteiger partial charge in [-0.3, -0.25) is 0 Å². The number of aliphatic hydroxyl groups is 1. The Hall–Kier alpha value is -1.99. The smallest absolute Gasteiger partial charge is 0.250 e. The van der Waals surface area contributed by atoms with Crippen molar-refractivity contribution in [3.63, 3.8) is 0 Å². The highest BCUT2D eigenvalue weighted by Gasteiger charge is 2.27. The molecule has 0 saturated carbocycles. The van der Waals surface area contributed by atoms with Crippen molar-refractivity contribution in [2.24, 2.45) is 0 Å². The molecule has 19 heavy (non-hydrogen) atoms. The van der Waals surface area contributed by atoms with Crippen LogP contribution in [-0.2, 0) is 4.74 Å². The molecule has 2 aromatic rings. The number of morpholine rings is 1. The first-order valence-corrected chi connectivity index (χ1v) is 6.19. The minimum Gasteiger partial charge on any atom is -0.394 e. The molecule has 1 saturated heterocycles. The van der Waals surface area contributed by atoms with Crippen molar-refractivity contribution in [1.82, 2.24) is 20.2 Å². The normalized spacial score (nSPS) is 19.6. The summed E-state index contributed by atoms with van der Waals surface area (Å²) in [7, 11) is 0. The minimum absolute atomic E-state index is 0.0155. The molecule has 1 fully saturated rings. The molecule has 3 rings (SSSR count). The van der Waals surface area contributed by atoms with Gasteiger partial charge in [0.1, 0.15) is 0 Å². The Morgan fingerprint density at radius 1 is 1.32 bits per heavy atom. The van der Waals surface area contributed by atoms with Gasteiger partial charge in [-0.1, -0.05) is 23.3 Å². The van der Waals surface area contributed by atoms with Crippen molar-refractivity contribution in [1.29, 1.82) is 0 Å². The molecule has 1 aromatic carbocycles. The van der Waals surface area contributed by atoms with Crippen molar-refractivity contribution in [3.8, 4) is 5.69 Å². The summed E-state index contributed by atoms with van der Waals surface area (Å²) < 4.78 is 7.04. The maximum atomic E-state index is 9.42. The molecule has 1 aliphatic rings. The standard InChI is InChI=1S/C12H15N5O2/c18-8-11-9-19-7-6-16(11)12-13-14-15-17(12)10-4-2-1-3-5-10/h1-5,11,18H,6-9H2. The summed E-state index contributed by atoms with van der Waals surface area (Å²) >= 11 is 0. The van der Waals surface area contributed by atoms with Crippen LogP contribution in [0, 0.1) is 0 Å². The van der Waals surface area contributed by atoms with Gasteiger partial charge in [0, 0.05) is 6.54 Å². The zero-order valence-electron chi connectivity index (χ0n) is 10.4. The van der Waals surface area contributed by atoms with Crippen LogP contribution in [0.5, 0.6) is 0 Å². The molecule has 1 unspecified atom stereocenters. The Morgan fingerprint density at radius 2 is 2.16 bits per heavy atom. The lowest BCUT2D eigenvalue weighted by atomic mass is 10.2. The van der Waals surface area contributed by atoms with E-state index in [2.05, 4.69) is 15.5 Å². The van der Waals surface area contributed by atoms with Crippen LogP contribution in [0.4, 0.5) is 5.95 Å². The summed E-state index contributed by atoms with van der Waals surface area (Å²) in [5.74, 6) is 0.633. The van der Waals surface area contributed by atoms with Crippen molar-refractivity contribution >= 4 is 5.95 Å². The largest absolute Gasteiger partial charge is 0.394 e. The van der Waals surface area contributed by atoms with E-state index in [0.29, 0.717) is 25.7 Å². The summed E-state index contributed by atoms with van der Waals surface area (Å²) in [4.78, 5) is 1.98. The number of aromatic nitrogens is 4. The average molecular weight is 261 g/mol. The first-order valence-electron chi connectivity index (χ1n) is 6.19. The van der Waals surface area contributed by atoms with Gasteiger partial charge >= 0.3 is 0 Å². The van der Waals surface area contributed by atoms with Crippen LogP contribution in [0.1, 0.15) is 0 Å². The molecule has 0 spiro atoms. The highest BCUT2D eigenvalue weighted by molar-refractivity contribution is 5.41. The predicted molar refractivity (Wildman–Crippen MR) is 68.2 cm³/mol. The van der Waals surface area contributed by atoms with E-state index < -0.39 is 0 Å². The number of aliphatic hydroxyl groups excluding tert-OH is 1. The van der Waals surface area contributed by atoms with E-state index in [-0.39, 0.29) is 12.6 Å². The molecule has 0 bridgehead atoms. The quantitative estimate of drug-likeness (QED) is 0.828. The topological polar surface area (TPSA) is 76.3 Å². The lowest BCUT2D eigenvalue weighted by Crippen LogP contribution is -2.48. The van der Waals surface area contributed by atoms with Crippen molar-refractivity contribution < 1.29 is 9.84 Å². The molecule has 100 valence electrons. The first kappa shape index (κ1) is 12.1. The number of hydrogen-bond acceptors (Lipinski definition) is 6. The lowest BCUT2D eigenvalue weighted by Gasteiger charge is -2.34. The molecule has 7 nitrogen and oxygen atoms in total. The van der Waals surface area contributed by atoms with Crippen LogP contribution in [0.15, 0.2) is 30.3 Å². The van der Waals surface area contributed by atoms with Crippen LogP contribution in [0.2, 0.25) is 0 Å². The molecule has 1 atom stereocenters. The summed E-state index contributed by atoms with van der Waals surface area (Å²) in [6.07, 6.45) is 0. The monoisotopic (exact) mass is 261 g/mol. The molecule has 2 heterocycles. The van der Waals surface area contributed by atoms with Gasteiger partial charge < -0.3 is 14.7 Å². The number of ether oxygens (including phenoxy) is 1. The molecule has 0 amide bonds. The van der Waals surface area contributed by atoms with Gasteiger partial charge in [-0.05, 0) is 22.6 Å². The van der Waals surface area contributed by atoms with Crippen LogP contribution in [0.25, 0.3) is 5.69 Å². The van der Waals surface area contributed by atoms with E-state index in [1.165, 1.54) is 0 Å². The fourth-order valence-corrected chi connectivity index (χ4v) is 2.17. The highest BCUT2D eigenvalue weighted by Crippen LogP contribution is 2.19. The average Bonchev–Trinajstić information content (AvgIpc) is 2.97. The van der Waals surface area contributed by atoms with Crippen LogP contribution in [-0.4, -0.2) is 57.7 Å². The van der Waals surface area contributed by atoms with Crippen LogP contribution in [0.3, 0.4) is 0 Å². The van der Waals surface area contributed by atoms with Gasteiger partial charge in [-0.15, -0.1) is 0 Å². The fourth-order valence-electron chi connectivity index (χ4n) is 2.17. The Bertz CT molecular complexity index is 530. The summed E-state index contributed by atoms with van der Waals surface area (Å²) in [6, 6.07) is 9.58. The minimum atomic E-state index is -0.109. The number of hydrogen-bond donors (Lipinski definition) is 1. The Balaban J connectivity index is 1.95. The Kier molecular flexibility index (Phi) is 3.39. The van der Waals surface area contributed by atoms with Gasteiger partial charge in [0.05, 0.1) is 31.5 Å². The van der Waals surface area contributed by atoms with E-state index in [9.17, 15) is 5.11 Å².